The summed E-state index contributed by atoms with van der Waals surface area (Å²) in [7, 11) is 1.50. The van der Waals surface area contributed by atoms with Crippen molar-refractivity contribution in [3.63, 3.8) is 0 Å². The number of aryl methyl sites for hydroxylation is 1. The molecule has 3 aromatic rings. The van der Waals surface area contributed by atoms with Crippen molar-refractivity contribution >= 4 is 10.8 Å². The molecule has 0 heterocycles. The van der Waals surface area contributed by atoms with E-state index in [9.17, 15) is 13.2 Å². The maximum absolute atomic E-state index is 14.6. The van der Waals surface area contributed by atoms with Gasteiger partial charge in [-0.2, -0.15) is 8.78 Å². The molecular weight excluding hydrogens is 365 g/mol. The van der Waals surface area contributed by atoms with E-state index in [2.05, 4.69) is 6.92 Å². The SMILES string of the molecule is CCCCCc1ccc(C(F)(F)Oc2cc3ccc(OC)cc3cc2F)cc1. The van der Waals surface area contributed by atoms with Crippen LogP contribution in [0.2, 0.25) is 0 Å². The average molecular weight is 388 g/mol. The van der Waals surface area contributed by atoms with Crippen LogP contribution in [0.3, 0.4) is 0 Å². The van der Waals surface area contributed by atoms with Gasteiger partial charge in [0.1, 0.15) is 5.75 Å². The summed E-state index contributed by atoms with van der Waals surface area (Å²) in [6.07, 6.45) is 0.449. The van der Waals surface area contributed by atoms with Crippen molar-refractivity contribution in [2.75, 3.05) is 7.11 Å². The van der Waals surface area contributed by atoms with Crippen LogP contribution in [0.5, 0.6) is 11.5 Å². The second kappa shape index (κ2) is 8.55. The van der Waals surface area contributed by atoms with E-state index in [4.69, 9.17) is 9.47 Å². The molecule has 0 fully saturated rings. The van der Waals surface area contributed by atoms with E-state index in [-0.39, 0.29) is 5.56 Å². The molecule has 148 valence electrons. The zero-order valence-electron chi connectivity index (χ0n) is 16.0. The Balaban J connectivity index is 1.80. The smallest absolute Gasteiger partial charge is 0.426 e. The maximum atomic E-state index is 14.6. The van der Waals surface area contributed by atoms with Gasteiger partial charge in [0.25, 0.3) is 0 Å². The van der Waals surface area contributed by atoms with E-state index < -0.39 is 17.7 Å². The normalized spacial score (nSPS) is 11.6. The van der Waals surface area contributed by atoms with Crippen LogP contribution in [-0.4, -0.2) is 7.11 Å². The van der Waals surface area contributed by atoms with Crippen LogP contribution in [0.4, 0.5) is 13.2 Å². The molecule has 2 nitrogen and oxygen atoms in total. The highest BCUT2D eigenvalue weighted by atomic mass is 19.3. The fourth-order valence-electron chi connectivity index (χ4n) is 3.07. The Bertz CT molecular complexity index is 936. The standard InChI is InChI=1S/C23H23F3O2/c1-3-4-5-6-16-7-10-19(11-8-16)23(25,26)28-22-15-17-9-12-20(27-2)13-18(17)14-21(22)24/h7-15H,3-6H2,1-2H3. The Morgan fingerprint density at radius 2 is 1.64 bits per heavy atom. The molecule has 0 aliphatic heterocycles. The third-order valence-corrected chi connectivity index (χ3v) is 4.70. The van der Waals surface area contributed by atoms with Crippen LogP contribution in [-0.2, 0) is 12.5 Å². The van der Waals surface area contributed by atoms with Gasteiger partial charge in [0.05, 0.1) is 12.7 Å². The van der Waals surface area contributed by atoms with E-state index >= 15 is 0 Å². The third-order valence-electron chi connectivity index (χ3n) is 4.70. The second-order valence-corrected chi connectivity index (χ2v) is 6.77. The molecule has 0 saturated heterocycles. The molecule has 3 aromatic carbocycles. The second-order valence-electron chi connectivity index (χ2n) is 6.77. The summed E-state index contributed by atoms with van der Waals surface area (Å²) in [5, 5.41) is 1.13. The van der Waals surface area contributed by atoms with Gasteiger partial charge >= 0.3 is 6.11 Å². The quantitative estimate of drug-likeness (QED) is 0.393. The molecule has 0 saturated carbocycles. The van der Waals surface area contributed by atoms with E-state index in [1.807, 2.05) is 0 Å². The largest absolute Gasteiger partial charge is 0.497 e. The molecule has 0 amide bonds. The highest BCUT2D eigenvalue weighted by Gasteiger charge is 2.35. The molecule has 0 aliphatic carbocycles. The minimum Gasteiger partial charge on any atom is -0.497 e. The van der Waals surface area contributed by atoms with Crippen LogP contribution < -0.4 is 9.47 Å². The Morgan fingerprint density at radius 3 is 2.32 bits per heavy atom. The van der Waals surface area contributed by atoms with Gasteiger partial charge in [-0.05, 0) is 65.6 Å². The average Bonchev–Trinajstić information content (AvgIpc) is 2.68. The molecule has 0 radical (unpaired) electrons. The molecule has 0 aliphatic rings. The molecule has 28 heavy (non-hydrogen) atoms. The first kappa shape index (κ1) is 20.1. The highest BCUT2D eigenvalue weighted by Crippen LogP contribution is 2.35. The molecule has 0 unspecified atom stereocenters. The van der Waals surface area contributed by atoms with Crippen molar-refractivity contribution in [2.24, 2.45) is 0 Å². The molecule has 0 N–H and O–H groups in total. The van der Waals surface area contributed by atoms with E-state index in [0.717, 1.165) is 31.2 Å². The van der Waals surface area contributed by atoms with Crippen molar-refractivity contribution < 1.29 is 22.6 Å². The number of hydrogen-bond acceptors (Lipinski definition) is 2. The first-order chi connectivity index (χ1) is 13.4. The van der Waals surface area contributed by atoms with E-state index in [0.29, 0.717) is 16.5 Å². The predicted molar refractivity (Wildman–Crippen MR) is 105 cm³/mol. The number of methoxy groups -OCH3 is 1. The minimum atomic E-state index is -3.64. The number of rotatable bonds is 8. The number of fused-ring (bicyclic) bond motifs is 1. The summed E-state index contributed by atoms with van der Waals surface area (Å²) in [5.74, 6) is -0.781. The fraction of sp³-hybridized carbons (Fsp3) is 0.304. The van der Waals surface area contributed by atoms with Gasteiger partial charge in [0.2, 0.25) is 0 Å². The fourth-order valence-corrected chi connectivity index (χ4v) is 3.07. The third kappa shape index (κ3) is 4.58. The van der Waals surface area contributed by atoms with Crippen molar-refractivity contribution in [2.45, 2.75) is 38.7 Å². The molecule has 5 heteroatoms. The lowest BCUT2D eigenvalue weighted by Gasteiger charge is -2.19. The van der Waals surface area contributed by atoms with Crippen LogP contribution in [0, 0.1) is 5.82 Å². The minimum absolute atomic E-state index is 0.305. The first-order valence-electron chi connectivity index (χ1n) is 9.36. The summed E-state index contributed by atoms with van der Waals surface area (Å²) in [5.41, 5.74) is 0.694. The number of hydrogen-bond donors (Lipinski definition) is 0. The number of halogens is 3. The zero-order valence-corrected chi connectivity index (χ0v) is 16.0. The van der Waals surface area contributed by atoms with Crippen LogP contribution in [0.1, 0.15) is 37.3 Å². The molecule has 0 bridgehead atoms. The molecule has 3 rings (SSSR count). The van der Waals surface area contributed by atoms with Gasteiger partial charge in [-0.25, -0.2) is 4.39 Å². The Hall–Kier alpha value is -2.69. The zero-order chi connectivity index (χ0) is 20.1. The Kier molecular flexibility index (Phi) is 6.12. The summed E-state index contributed by atoms with van der Waals surface area (Å²) < 4.78 is 53.4. The van der Waals surface area contributed by atoms with Crippen LogP contribution in [0.25, 0.3) is 10.8 Å². The van der Waals surface area contributed by atoms with Crippen molar-refractivity contribution in [3.8, 4) is 11.5 Å². The van der Waals surface area contributed by atoms with Gasteiger partial charge < -0.3 is 9.47 Å². The van der Waals surface area contributed by atoms with Crippen molar-refractivity contribution in [3.05, 3.63) is 71.5 Å². The summed E-state index contributed by atoms with van der Waals surface area (Å²) >= 11 is 0. The van der Waals surface area contributed by atoms with Crippen LogP contribution in [0.15, 0.2) is 54.6 Å². The summed E-state index contributed by atoms with van der Waals surface area (Å²) in [6.45, 7) is 2.11. The molecule has 0 atom stereocenters. The van der Waals surface area contributed by atoms with Gasteiger partial charge in [-0.15, -0.1) is 0 Å². The summed E-state index contributed by atoms with van der Waals surface area (Å²) in [6, 6.07) is 13.4. The number of benzene rings is 3. The van der Waals surface area contributed by atoms with Gasteiger partial charge in [-0.1, -0.05) is 38.0 Å². The summed E-state index contributed by atoms with van der Waals surface area (Å²) in [4.78, 5) is 0. The van der Waals surface area contributed by atoms with Gasteiger partial charge in [0.15, 0.2) is 11.6 Å². The lowest BCUT2D eigenvalue weighted by atomic mass is 10.0. The van der Waals surface area contributed by atoms with Crippen molar-refractivity contribution in [1.29, 1.82) is 0 Å². The monoisotopic (exact) mass is 388 g/mol. The maximum Gasteiger partial charge on any atom is 0.426 e. The molecule has 0 spiro atoms. The Morgan fingerprint density at radius 1 is 0.893 bits per heavy atom. The van der Waals surface area contributed by atoms with E-state index in [1.165, 1.54) is 31.4 Å². The number of ether oxygens (including phenoxy) is 2. The lowest BCUT2D eigenvalue weighted by Crippen LogP contribution is -2.22. The van der Waals surface area contributed by atoms with Gasteiger partial charge in [-0.3, -0.25) is 0 Å². The Labute approximate surface area is 162 Å². The van der Waals surface area contributed by atoms with Gasteiger partial charge in [0, 0.05) is 0 Å². The highest BCUT2D eigenvalue weighted by molar-refractivity contribution is 5.85. The molecular formula is C23H23F3O2. The number of alkyl halides is 2. The predicted octanol–water partition coefficient (Wildman–Crippen LogP) is 6.85. The van der Waals surface area contributed by atoms with E-state index in [1.54, 1.807) is 30.3 Å². The lowest BCUT2D eigenvalue weighted by molar-refractivity contribution is -0.186. The van der Waals surface area contributed by atoms with Crippen LogP contribution >= 0.6 is 0 Å². The van der Waals surface area contributed by atoms with Crippen molar-refractivity contribution in [1.82, 2.24) is 0 Å². The topological polar surface area (TPSA) is 18.5 Å². The number of unbranched alkanes of at least 4 members (excludes halogenated alkanes) is 2. The first-order valence-corrected chi connectivity index (χ1v) is 9.36. The molecule has 0 aromatic heterocycles.